The number of benzene rings is 2. The molecule has 1 atom stereocenters. The molecule has 3 aromatic rings. The number of anilines is 1. The van der Waals surface area contributed by atoms with Crippen LogP contribution in [0.5, 0.6) is 5.88 Å². The van der Waals surface area contributed by atoms with Gasteiger partial charge >= 0.3 is 0 Å². The molecule has 4 rings (SSSR count). The molecule has 2 aromatic carbocycles. The van der Waals surface area contributed by atoms with E-state index < -0.39 is 6.23 Å². The molecule has 0 saturated heterocycles. The molecule has 29 heavy (non-hydrogen) atoms. The minimum Gasteiger partial charge on any atom is -0.447 e. The first-order chi connectivity index (χ1) is 14.2. The molecule has 0 radical (unpaired) electrons. The van der Waals surface area contributed by atoms with Crippen molar-refractivity contribution >= 4 is 23.4 Å². The summed E-state index contributed by atoms with van der Waals surface area (Å²) in [5.41, 5.74) is 2.97. The fourth-order valence-electron chi connectivity index (χ4n) is 3.34. The second-order valence-electron chi connectivity index (χ2n) is 6.59. The third-order valence-corrected chi connectivity index (χ3v) is 5.32. The Morgan fingerprint density at radius 1 is 1.07 bits per heavy atom. The van der Waals surface area contributed by atoms with Gasteiger partial charge in [-0.2, -0.15) is 4.98 Å². The number of amides is 1. The van der Waals surface area contributed by atoms with Crippen LogP contribution < -0.4 is 9.64 Å². The minimum atomic E-state index is -0.631. The van der Waals surface area contributed by atoms with E-state index in [2.05, 4.69) is 15.2 Å². The van der Waals surface area contributed by atoms with Crippen molar-refractivity contribution in [2.24, 2.45) is 0 Å². The lowest BCUT2D eigenvalue weighted by atomic mass is 10.1. The van der Waals surface area contributed by atoms with Crippen molar-refractivity contribution in [1.29, 1.82) is 0 Å². The molecule has 0 unspecified atom stereocenters. The van der Waals surface area contributed by atoms with E-state index in [1.54, 1.807) is 4.90 Å². The normalized spacial score (nSPS) is 15.1. The average Bonchev–Trinajstić information content (AvgIpc) is 2.89. The standard InChI is InChI=1S/C22H22N4O2S/c1-3-10-18(27)26-17-14-9-8-13-16(17)19-20(23-22(25-24-19)29-4-2)28-21(26)15-11-6-5-7-12-15/h5-9,11-14,21H,3-4,10H2,1-2H3/t21-/m1/s1. The maximum Gasteiger partial charge on any atom is 0.247 e. The molecular formula is C22H22N4O2S. The van der Waals surface area contributed by atoms with Gasteiger partial charge in [-0.1, -0.05) is 74.1 Å². The lowest BCUT2D eigenvalue weighted by Gasteiger charge is -2.30. The van der Waals surface area contributed by atoms with Crippen LogP contribution in [-0.4, -0.2) is 26.8 Å². The van der Waals surface area contributed by atoms with Crippen molar-refractivity contribution in [1.82, 2.24) is 15.2 Å². The third-order valence-electron chi connectivity index (χ3n) is 4.60. The largest absolute Gasteiger partial charge is 0.447 e. The highest BCUT2D eigenvalue weighted by atomic mass is 32.2. The molecule has 0 aliphatic carbocycles. The van der Waals surface area contributed by atoms with Crippen LogP contribution in [0.25, 0.3) is 11.3 Å². The van der Waals surface area contributed by atoms with E-state index >= 15 is 0 Å². The molecule has 1 aromatic heterocycles. The molecule has 1 aliphatic heterocycles. The molecule has 6 nitrogen and oxygen atoms in total. The summed E-state index contributed by atoms with van der Waals surface area (Å²) >= 11 is 1.50. The Morgan fingerprint density at radius 2 is 1.83 bits per heavy atom. The van der Waals surface area contributed by atoms with Gasteiger partial charge in [0, 0.05) is 17.5 Å². The molecule has 0 fully saturated rings. The van der Waals surface area contributed by atoms with E-state index in [0.29, 0.717) is 23.2 Å². The fraction of sp³-hybridized carbons (Fsp3) is 0.273. The molecular weight excluding hydrogens is 384 g/mol. The van der Waals surface area contributed by atoms with Gasteiger partial charge in [-0.25, -0.2) is 0 Å². The van der Waals surface area contributed by atoms with Crippen LogP contribution in [0.3, 0.4) is 0 Å². The van der Waals surface area contributed by atoms with Crippen molar-refractivity contribution < 1.29 is 9.53 Å². The van der Waals surface area contributed by atoms with Gasteiger partial charge in [-0.3, -0.25) is 9.69 Å². The number of carbonyl (C=O) groups excluding carboxylic acids is 1. The van der Waals surface area contributed by atoms with Gasteiger partial charge in [-0.05, 0) is 18.2 Å². The molecule has 0 bridgehead atoms. The maximum absolute atomic E-state index is 13.2. The van der Waals surface area contributed by atoms with E-state index in [1.807, 2.05) is 68.4 Å². The lowest BCUT2D eigenvalue weighted by molar-refractivity contribution is -0.120. The van der Waals surface area contributed by atoms with Crippen molar-refractivity contribution in [2.75, 3.05) is 10.7 Å². The Labute approximate surface area is 174 Å². The monoisotopic (exact) mass is 406 g/mol. The van der Waals surface area contributed by atoms with Gasteiger partial charge in [0.1, 0.15) is 0 Å². The Kier molecular flexibility index (Phi) is 5.76. The van der Waals surface area contributed by atoms with E-state index in [-0.39, 0.29) is 5.91 Å². The van der Waals surface area contributed by atoms with E-state index in [1.165, 1.54) is 11.8 Å². The zero-order valence-electron chi connectivity index (χ0n) is 16.4. The molecule has 0 spiro atoms. The van der Waals surface area contributed by atoms with E-state index in [4.69, 9.17) is 4.74 Å². The number of hydrogen-bond donors (Lipinski definition) is 0. The quantitative estimate of drug-likeness (QED) is 0.563. The number of rotatable bonds is 5. The number of carbonyl (C=O) groups is 1. The van der Waals surface area contributed by atoms with Gasteiger partial charge in [-0.15, -0.1) is 10.2 Å². The number of hydrogen-bond acceptors (Lipinski definition) is 6. The number of aromatic nitrogens is 3. The van der Waals surface area contributed by atoms with Gasteiger partial charge in [0.2, 0.25) is 23.2 Å². The Balaban J connectivity index is 1.93. The summed E-state index contributed by atoms with van der Waals surface area (Å²) in [6.07, 6.45) is 0.545. The van der Waals surface area contributed by atoms with Gasteiger partial charge in [0.15, 0.2) is 5.69 Å². The smallest absolute Gasteiger partial charge is 0.247 e. The van der Waals surface area contributed by atoms with Crippen molar-refractivity contribution in [3.8, 4) is 17.1 Å². The molecule has 7 heteroatoms. The van der Waals surface area contributed by atoms with Crippen molar-refractivity contribution in [3.05, 3.63) is 60.2 Å². The summed E-state index contributed by atoms with van der Waals surface area (Å²) in [4.78, 5) is 19.5. The highest BCUT2D eigenvalue weighted by Gasteiger charge is 2.35. The van der Waals surface area contributed by atoms with Crippen LogP contribution in [0.4, 0.5) is 5.69 Å². The van der Waals surface area contributed by atoms with Crippen LogP contribution in [0, 0.1) is 0 Å². The SMILES string of the molecule is CCCC(=O)N1c2ccccc2-c2nnc(SCC)nc2O[C@@H]1c1ccccc1. The third kappa shape index (κ3) is 3.82. The van der Waals surface area contributed by atoms with Crippen LogP contribution >= 0.6 is 11.8 Å². The van der Waals surface area contributed by atoms with Crippen LogP contribution in [0.1, 0.15) is 38.5 Å². The zero-order chi connectivity index (χ0) is 20.2. The Hall–Kier alpha value is -2.93. The summed E-state index contributed by atoms with van der Waals surface area (Å²) in [7, 11) is 0. The van der Waals surface area contributed by atoms with E-state index in [9.17, 15) is 4.79 Å². The number of nitrogens with zero attached hydrogens (tertiary/aromatic N) is 4. The van der Waals surface area contributed by atoms with E-state index in [0.717, 1.165) is 29.0 Å². The average molecular weight is 407 g/mol. The number of fused-ring (bicyclic) bond motifs is 3. The summed E-state index contributed by atoms with van der Waals surface area (Å²) in [6, 6.07) is 17.4. The Morgan fingerprint density at radius 3 is 2.59 bits per heavy atom. The number of ether oxygens (including phenoxy) is 1. The molecule has 0 N–H and O–H groups in total. The number of thioether (sulfide) groups is 1. The minimum absolute atomic E-state index is 0.00211. The molecule has 2 heterocycles. The fourth-order valence-corrected chi connectivity index (χ4v) is 3.85. The Bertz CT molecular complexity index is 1010. The predicted molar refractivity (Wildman–Crippen MR) is 114 cm³/mol. The highest BCUT2D eigenvalue weighted by Crippen LogP contribution is 2.43. The molecule has 1 aliphatic rings. The first-order valence-corrected chi connectivity index (χ1v) is 10.7. The lowest BCUT2D eigenvalue weighted by Crippen LogP contribution is -2.37. The van der Waals surface area contributed by atoms with Crippen molar-refractivity contribution in [3.63, 3.8) is 0 Å². The summed E-state index contributed by atoms with van der Waals surface area (Å²) < 4.78 is 6.37. The summed E-state index contributed by atoms with van der Waals surface area (Å²) in [5, 5.41) is 9.21. The van der Waals surface area contributed by atoms with Gasteiger partial charge < -0.3 is 4.74 Å². The number of para-hydroxylation sites is 1. The van der Waals surface area contributed by atoms with Gasteiger partial charge in [0.05, 0.1) is 5.69 Å². The molecule has 0 saturated carbocycles. The molecule has 148 valence electrons. The predicted octanol–water partition coefficient (Wildman–Crippen LogP) is 4.87. The molecule has 1 amide bonds. The zero-order valence-corrected chi connectivity index (χ0v) is 17.2. The van der Waals surface area contributed by atoms with Crippen LogP contribution in [-0.2, 0) is 4.79 Å². The summed E-state index contributed by atoms with van der Waals surface area (Å²) in [6.45, 7) is 4.03. The van der Waals surface area contributed by atoms with Gasteiger partial charge in [0.25, 0.3) is 0 Å². The van der Waals surface area contributed by atoms with Crippen molar-refractivity contribution in [2.45, 2.75) is 38.1 Å². The summed E-state index contributed by atoms with van der Waals surface area (Å²) in [5.74, 6) is 1.22. The highest BCUT2D eigenvalue weighted by molar-refractivity contribution is 7.99. The second kappa shape index (κ2) is 8.61. The first kappa shape index (κ1) is 19.4. The maximum atomic E-state index is 13.2. The first-order valence-electron chi connectivity index (χ1n) is 9.73. The second-order valence-corrected chi connectivity index (χ2v) is 7.82. The van der Waals surface area contributed by atoms with Crippen LogP contribution in [0.2, 0.25) is 0 Å². The topological polar surface area (TPSA) is 68.2 Å². The van der Waals surface area contributed by atoms with Crippen LogP contribution in [0.15, 0.2) is 59.8 Å².